The zero-order valence-electron chi connectivity index (χ0n) is 16.5. The fourth-order valence-corrected chi connectivity index (χ4v) is 4.46. The summed E-state index contributed by atoms with van der Waals surface area (Å²) in [5.41, 5.74) is 2.74. The summed E-state index contributed by atoms with van der Waals surface area (Å²) in [6.07, 6.45) is 7.47. The van der Waals surface area contributed by atoms with Crippen molar-refractivity contribution in [1.82, 2.24) is 15.3 Å². The van der Waals surface area contributed by atoms with Crippen LogP contribution in [-0.2, 0) is 9.53 Å². The molecule has 6 heteroatoms. The Kier molecular flexibility index (Phi) is 6.32. The molecule has 29 heavy (non-hydrogen) atoms. The van der Waals surface area contributed by atoms with E-state index in [4.69, 9.17) is 9.72 Å². The number of pyridine rings is 1. The lowest BCUT2D eigenvalue weighted by Crippen LogP contribution is -2.34. The Hall–Kier alpha value is -2.57. The Bertz CT molecular complexity index is 924. The maximum Gasteiger partial charge on any atom is 0.254 e. The SMILES string of the molecule is CC(NC(=O)C(OC1CCCC1)c1ccccc1)c1nc(-c2cccnc2)cs1. The molecule has 0 radical (unpaired) electrons. The van der Waals surface area contributed by atoms with Crippen LogP contribution in [0.15, 0.2) is 60.2 Å². The minimum absolute atomic E-state index is 0.117. The molecule has 150 valence electrons. The maximum absolute atomic E-state index is 13.1. The first-order valence-electron chi connectivity index (χ1n) is 10.1. The lowest BCUT2D eigenvalue weighted by atomic mass is 10.1. The second-order valence-corrected chi connectivity index (χ2v) is 8.27. The van der Waals surface area contributed by atoms with Crippen LogP contribution in [-0.4, -0.2) is 22.0 Å². The normalized spacial score (nSPS) is 16.4. The van der Waals surface area contributed by atoms with E-state index < -0.39 is 6.10 Å². The molecular weight excluding hydrogens is 382 g/mol. The van der Waals surface area contributed by atoms with Gasteiger partial charge in [-0.05, 0) is 37.5 Å². The smallest absolute Gasteiger partial charge is 0.254 e. The summed E-state index contributed by atoms with van der Waals surface area (Å²) in [5.74, 6) is -0.117. The molecule has 1 aliphatic carbocycles. The number of aromatic nitrogens is 2. The summed E-state index contributed by atoms with van der Waals surface area (Å²) in [4.78, 5) is 22.0. The quantitative estimate of drug-likeness (QED) is 0.593. The van der Waals surface area contributed by atoms with Gasteiger partial charge < -0.3 is 10.1 Å². The van der Waals surface area contributed by atoms with E-state index in [1.54, 1.807) is 23.7 Å². The highest BCUT2D eigenvalue weighted by Gasteiger charge is 2.28. The van der Waals surface area contributed by atoms with Gasteiger partial charge in [-0.2, -0.15) is 0 Å². The number of benzene rings is 1. The molecule has 0 bridgehead atoms. The largest absolute Gasteiger partial charge is 0.360 e. The number of ether oxygens (including phenoxy) is 1. The van der Waals surface area contributed by atoms with E-state index in [1.165, 1.54) is 12.8 Å². The predicted octanol–water partition coefficient (Wildman–Crippen LogP) is 5.08. The third-order valence-corrected chi connectivity index (χ3v) is 6.21. The van der Waals surface area contributed by atoms with Gasteiger partial charge in [-0.1, -0.05) is 43.2 Å². The van der Waals surface area contributed by atoms with Gasteiger partial charge in [0.25, 0.3) is 5.91 Å². The zero-order chi connectivity index (χ0) is 20.1. The van der Waals surface area contributed by atoms with Gasteiger partial charge in [-0.3, -0.25) is 9.78 Å². The maximum atomic E-state index is 13.1. The summed E-state index contributed by atoms with van der Waals surface area (Å²) in [6, 6.07) is 13.4. The molecule has 5 nitrogen and oxygen atoms in total. The Balaban J connectivity index is 1.47. The van der Waals surface area contributed by atoms with Crippen LogP contribution in [0.3, 0.4) is 0 Å². The second kappa shape index (κ2) is 9.29. The number of nitrogens with zero attached hydrogens (tertiary/aromatic N) is 2. The highest BCUT2D eigenvalue weighted by Crippen LogP contribution is 2.29. The molecule has 1 N–H and O–H groups in total. The van der Waals surface area contributed by atoms with Gasteiger partial charge >= 0.3 is 0 Å². The number of hydrogen-bond donors (Lipinski definition) is 1. The first kappa shape index (κ1) is 19.7. The van der Waals surface area contributed by atoms with E-state index in [-0.39, 0.29) is 18.1 Å². The van der Waals surface area contributed by atoms with Crippen molar-refractivity contribution in [2.75, 3.05) is 0 Å². The van der Waals surface area contributed by atoms with Crippen LogP contribution < -0.4 is 5.32 Å². The Labute approximate surface area is 175 Å². The van der Waals surface area contributed by atoms with Gasteiger partial charge in [-0.25, -0.2) is 4.98 Å². The van der Waals surface area contributed by atoms with Crippen molar-refractivity contribution in [3.63, 3.8) is 0 Å². The topological polar surface area (TPSA) is 64.1 Å². The minimum Gasteiger partial charge on any atom is -0.360 e. The number of amides is 1. The third kappa shape index (κ3) is 4.89. The summed E-state index contributed by atoms with van der Waals surface area (Å²) in [6.45, 7) is 1.96. The molecule has 1 aromatic carbocycles. The van der Waals surface area contributed by atoms with Crippen molar-refractivity contribution in [3.05, 3.63) is 70.8 Å². The number of thiazole rings is 1. The van der Waals surface area contributed by atoms with Crippen molar-refractivity contribution in [2.45, 2.75) is 50.9 Å². The standard InChI is InChI=1S/C23H25N3O2S/c1-16(23-26-20(15-29-23)18-10-7-13-24-14-18)25-22(27)21(17-8-3-2-4-9-17)28-19-11-5-6-12-19/h2-4,7-10,13-16,19,21H,5-6,11-12H2,1H3,(H,25,27). The number of hydrogen-bond acceptors (Lipinski definition) is 5. The predicted molar refractivity (Wildman–Crippen MR) is 114 cm³/mol. The summed E-state index contributed by atoms with van der Waals surface area (Å²) < 4.78 is 6.23. The molecule has 2 aromatic heterocycles. The van der Waals surface area contributed by atoms with Crippen LogP contribution in [0.4, 0.5) is 0 Å². The Morgan fingerprint density at radius 3 is 2.69 bits per heavy atom. The van der Waals surface area contributed by atoms with Crippen molar-refractivity contribution in [3.8, 4) is 11.3 Å². The second-order valence-electron chi connectivity index (χ2n) is 7.38. The Morgan fingerprint density at radius 2 is 1.97 bits per heavy atom. The molecule has 1 fully saturated rings. The van der Waals surface area contributed by atoms with Crippen molar-refractivity contribution >= 4 is 17.2 Å². The van der Waals surface area contributed by atoms with Gasteiger partial charge in [-0.15, -0.1) is 11.3 Å². The van der Waals surface area contributed by atoms with E-state index >= 15 is 0 Å². The molecule has 4 rings (SSSR count). The highest BCUT2D eigenvalue weighted by atomic mass is 32.1. The number of nitrogens with one attached hydrogen (secondary N) is 1. The molecule has 0 saturated heterocycles. The molecule has 0 aliphatic heterocycles. The van der Waals surface area contributed by atoms with Gasteiger partial charge in [0.05, 0.1) is 17.8 Å². The van der Waals surface area contributed by atoms with Crippen molar-refractivity contribution in [1.29, 1.82) is 0 Å². The van der Waals surface area contributed by atoms with Gasteiger partial charge in [0.15, 0.2) is 6.10 Å². The highest BCUT2D eigenvalue weighted by molar-refractivity contribution is 7.10. The van der Waals surface area contributed by atoms with Crippen LogP contribution in [0.5, 0.6) is 0 Å². The average molecular weight is 408 g/mol. The minimum atomic E-state index is -0.598. The van der Waals surface area contributed by atoms with E-state index in [0.717, 1.165) is 34.7 Å². The number of carbonyl (C=O) groups is 1. The molecule has 1 amide bonds. The molecule has 1 aliphatic rings. The van der Waals surface area contributed by atoms with Crippen LogP contribution in [0.25, 0.3) is 11.3 Å². The molecule has 2 unspecified atom stereocenters. The first-order chi connectivity index (χ1) is 14.2. The number of rotatable bonds is 7. The number of carbonyl (C=O) groups excluding carboxylic acids is 1. The third-order valence-electron chi connectivity index (χ3n) is 5.18. The monoisotopic (exact) mass is 407 g/mol. The fourth-order valence-electron chi connectivity index (χ4n) is 3.62. The van der Waals surface area contributed by atoms with Crippen molar-refractivity contribution in [2.24, 2.45) is 0 Å². The van der Waals surface area contributed by atoms with Gasteiger partial charge in [0.2, 0.25) is 0 Å². The van der Waals surface area contributed by atoms with Crippen LogP contribution in [0.2, 0.25) is 0 Å². The lowest BCUT2D eigenvalue weighted by Gasteiger charge is -2.23. The lowest BCUT2D eigenvalue weighted by molar-refractivity contribution is -0.137. The summed E-state index contributed by atoms with van der Waals surface area (Å²) in [7, 11) is 0. The average Bonchev–Trinajstić information content (AvgIpc) is 3.45. The fraction of sp³-hybridized carbons (Fsp3) is 0.348. The zero-order valence-corrected chi connectivity index (χ0v) is 17.3. The van der Waals surface area contributed by atoms with E-state index in [2.05, 4.69) is 10.3 Å². The van der Waals surface area contributed by atoms with Crippen molar-refractivity contribution < 1.29 is 9.53 Å². The molecule has 2 atom stereocenters. The van der Waals surface area contributed by atoms with Gasteiger partial charge in [0, 0.05) is 23.3 Å². The molecule has 1 saturated carbocycles. The summed E-state index contributed by atoms with van der Waals surface area (Å²) in [5, 5.41) is 5.97. The van der Waals surface area contributed by atoms with E-state index in [1.807, 2.05) is 54.8 Å². The molecular formula is C23H25N3O2S. The van der Waals surface area contributed by atoms with Gasteiger partial charge in [0.1, 0.15) is 5.01 Å². The molecule has 3 aromatic rings. The van der Waals surface area contributed by atoms with Crippen LogP contribution in [0, 0.1) is 0 Å². The van der Waals surface area contributed by atoms with E-state index in [0.29, 0.717) is 0 Å². The van der Waals surface area contributed by atoms with Crippen LogP contribution >= 0.6 is 11.3 Å². The first-order valence-corrected chi connectivity index (χ1v) is 11.0. The molecule has 2 heterocycles. The van der Waals surface area contributed by atoms with Crippen LogP contribution in [0.1, 0.15) is 55.3 Å². The van der Waals surface area contributed by atoms with E-state index in [9.17, 15) is 4.79 Å². The summed E-state index contributed by atoms with van der Waals surface area (Å²) >= 11 is 1.54. The Morgan fingerprint density at radius 1 is 1.17 bits per heavy atom. The molecule has 0 spiro atoms.